The number of ether oxygens (including phenoxy) is 2. The molecular formula is C47H86N5O11P. The van der Waals surface area contributed by atoms with E-state index in [1.54, 1.807) is 0 Å². The van der Waals surface area contributed by atoms with Gasteiger partial charge in [-0.15, -0.1) is 0 Å². The molecule has 2 rings (SSSR count). The maximum absolute atomic E-state index is 12.8. The lowest BCUT2D eigenvalue weighted by molar-refractivity contribution is -0.383. The van der Waals surface area contributed by atoms with E-state index in [4.69, 9.17) is 18.5 Å². The molecule has 0 spiro atoms. The van der Waals surface area contributed by atoms with E-state index in [0.717, 1.165) is 38.5 Å². The second-order valence-corrected chi connectivity index (χ2v) is 18.5. The molecule has 0 aliphatic rings. The van der Waals surface area contributed by atoms with Crippen LogP contribution in [0.25, 0.3) is 11.0 Å². The van der Waals surface area contributed by atoms with Gasteiger partial charge < -0.3 is 34.9 Å². The number of nitro groups is 1. The average Bonchev–Trinajstić information content (AvgIpc) is 3.76. The van der Waals surface area contributed by atoms with Crippen molar-refractivity contribution in [2.45, 2.75) is 225 Å². The Hall–Kier alpha value is -3.17. The number of benzene rings is 1. The average molecular weight is 928 g/mol. The molecule has 2 aromatic rings. The largest absolute Gasteiger partial charge is 0.756 e. The highest BCUT2D eigenvalue weighted by Crippen LogP contribution is 2.38. The minimum absolute atomic E-state index is 0. The Balaban J connectivity index is 0.0000205. The van der Waals surface area contributed by atoms with Gasteiger partial charge in [0.25, 0.3) is 7.82 Å². The molecule has 2 atom stereocenters. The number of hydrogen-bond acceptors (Lipinski definition) is 14. The summed E-state index contributed by atoms with van der Waals surface area (Å²) >= 11 is 0. The van der Waals surface area contributed by atoms with Crippen molar-refractivity contribution >= 4 is 42.2 Å². The van der Waals surface area contributed by atoms with Gasteiger partial charge in [0.2, 0.25) is 5.52 Å². The molecule has 16 nitrogen and oxygen atoms in total. The highest BCUT2D eigenvalue weighted by Gasteiger charge is 2.22. The molecule has 5 N–H and O–H groups in total. The molecule has 370 valence electrons. The summed E-state index contributed by atoms with van der Waals surface area (Å²) in [4.78, 5) is 48.7. The lowest BCUT2D eigenvalue weighted by Gasteiger charge is -2.25. The zero-order valence-corrected chi connectivity index (χ0v) is 40.9. The Morgan fingerprint density at radius 1 is 0.641 bits per heavy atom. The van der Waals surface area contributed by atoms with Crippen molar-refractivity contribution in [3.8, 4) is 0 Å². The highest BCUT2D eigenvalue weighted by molar-refractivity contribution is 7.45. The number of nitrogens with one attached hydrogen (secondary N) is 1. The fraction of sp³-hybridized carbons (Fsp3) is 0.830. The third-order valence-electron chi connectivity index (χ3n) is 11.4. The number of nitrogens with zero attached hydrogens (tertiary/aromatic N) is 3. The molecule has 1 unspecified atom stereocenters. The summed E-state index contributed by atoms with van der Waals surface area (Å²) < 4.78 is 38.3. The lowest BCUT2D eigenvalue weighted by atomic mass is 10.0. The smallest absolute Gasteiger partial charge is 0.306 e. The van der Waals surface area contributed by atoms with Crippen molar-refractivity contribution in [1.82, 2.24) is 16.5 Å². The van der Waals surface area contributed by atoms with Crippen molar-refractivity contribution < 1.29 is 47.1 Å². The number of fused-ring (bicyclic) bond motifs is 1. The van der Waals surface area contributed by atoms with Crippen LogP contribution in [0.5, 0.6) is 0 Å². The van der Waals surface area contributed by atoms with Gasteiger partial charge in [0.15, 0.2) is 11.6 Å². The number of phosphoric acid groups is 1. The Bertz CT molecular complexity index is 1530. The lowest BCUT2D eigenvalue weighted by Crippen LogP contribution is -2.30. The first kappa shape index (κ1) is 58.8. The summed E-state index contributed by atoms with van der Waals surface area (Å²) in [5, 5.41) is 21.4. The van der Waals surface area contributed by atoms with Crippen LogP contribution in [-0.4, -0.2) is 59.6 Å². The molecule has 0 saturated carbocycles. The number of nitro benzene ring substituents is 1. The number of aromatic nitrogens is 2. The van der Waals surface area contributed by atoms with E-state index in [0.29, 0.717) is 18.5 Å². The number of carbonyl (C=O) groups excluding carboxylic acids is 2. The third-order valence-corrected chi connectivity index (χ3v) is 12.3. The van der Waals surface area contributed by atoms with E-state index in [1.165, 1.54) is 153 Å². The standard InChI is InChI=1S/C47H83N4O11P.H3N/c1-3-5-7-9-11-13-15-17-19-21-23-25-27-29-31-33-44(52)58-39-41(61-45(53)34-32-30-28-26-24-22-20-18-16-14-12-10-8-6-4-2)40-60-63(56,57)59-38-37-48-42-35-36-43(51(54)55)47-46(42)49-62-50-47;/h35-36,41,48H,3-34,37-40H2,1-2H3,(H,56,57);1H3/t41-;/m1./s1. The Labute approximate surface area is 384 Å². The Morgan fingerprint density at radius 3 is 1.52 bits per heavy atom. The van der Waals surface area contributed by atoms with Crippen LogP contribution >= 0.6 is 7.82 Å². The third kappa shape index (κ3) is 30.1. The molecule has 0 bridgehead atoms. The van der Waals surface area contributed by atoms with Crippen LogP contribution in [-0.2, 0) is 32.7 Å². The minimum Gasteiger partial charge on any atom is -0.756 e. The maximum Gasteiger partial charge on any atom is 0.306 e. The molecular weight excluding hydrogens is 842 g/mol. The zero-order valence-electron chi connectivity index (χ0n) is 40.0. The number of non-ortho nitro benzene ring substituents is 1. The summed E-state index contributed by atoms with van der Waals surface area (Å²) in [6.45, 7) is 3.17. The fourth-order valence-corrected chi connectivity index (χ4v) is 8.34. The van der Waals surface area contributed by atoms with Crippen LogP contribution in [0.3, 0.4) is 0 Å². The molecule has 0 fully saturated rings. The molecule has 64 heavy (non-hydrogen) atoms. The number of quaternary nitrogens is 1. The fourth-order valence-electron chi connectivity index (χ4n) is 7.60. The molecule has 0 aliphatic carbocycles. The van der Waals surface area contributed by atoms with Crippen LogP contribution in [0.4, 0.5) is 11.4 Å². The number of carbonyl (C=O) groups is 2. The van der Waals surface area contributed by atoms with Crippen LogP contribution in [0.15, 0.2) is 16.8 Å². The van der Waals surface area contributed by atoms with E-state index in [1.807, 2.05) is 0 Å². The van der Waals surface area contributed by atoms with Gasteiger partial charge in [0, 0.05) is 25.5 Å². The monoisotopic (exact) mass is 928 g/mol. The molecule has 0 amide bonds. The predicted molar refractivity (Wildman–Crippen MR) is 252 cm³/mol. The van der Waals surface area contributed by atoms with E-state index in [2.05, 4.69) is 34.1 Å². The first-order valence-corrected chi connectivity index (χ1v) is 26.2. The molecule has 1 heterocycles. The van der Waals surface area contributed by atoms with Gasteiger partial charge in [-0.05, 0) is 29.2 Å². The zero-order chi connectivity index (χ0) is 45.6. The van der Waals surface area contributed by atoms with Crippen LogP contribution < -0.4 is 16.4 Å². The van der Waals surface area contributed by atoms with Crippen molar-refractivity contribution in [3.05, 3.63) is 22.2 Å². The molecule has 0 radical (unpaired) electrons. The minimum atomic E-state index is -4.87. The summed E-state index contributed by atoms with van der Waals surface area (Å²) in [7, 11) is -4.87. The Kier molecular flexibility index (Phi) is 35.9. The molecule has 17 heteroatoms. The quantitative estimate of drug-likeness (QED) is 0.0206. The summed E-state index contributed by atoms with van der Waals surface area (Å²) in [6.07, 6.45) is 35.7. The number of unbranched alkanes of at least 4 members (excludes halogenated alkanes) is 28. The van der Waals surface area contributed by atoms with Gasteiger partial charge in [0.05, 0.1) is 23.8 Å². The molecule has 1 aromatic heterocycles. The number of rotatable bonds is 44. The number of esters is 2. The van der Waals surface area contributed by atoms with Gasteiger partial charge in [-0.2, -0.15) is 0 Å². The number of anilines is 1. The van der Waals surface area contributed by atoms with Gasteiger partial charge >= 0.3 is 17.6 Å². The van der Waals surface area contributed by atoms with Gasteiger partial charge in [0.1, 0.15) is 6.61 Å². The summed E-state index contributed by atoms with van der Waals surface area (Å²) in [6, 6.07) is 2.63. The second-order valence-electron chi connectivity index (χ2n) is 17.0. The first-order valence-electron chi connectivity index (χ1n) is 24.8. The van der Waals surface area contributed by atoms with Gasteiger partial charge in [-0.3, -0.25) is 24.3 Å². The maximum atomic E-state index is 12.8. The van der Waals surface area contributed by atoms with Crippen LogP contribution in [0, 0.1) is 10.1 Å². The molecule has 0 aliphatic heterocycles. The van der Waals surface area contributed by atoms with Crippen LogP contribution in [0.2, 0.25) is 0 Å². The van der Waals surface area contributed by atoms with Crippen LogP contribution in [0.1, 0.15) is 219 Å². The molecule has 1 aromatic carbocycles. The SMILES string of the molecule is CCCCCCCCCCCCCCCCCC(=O)OC[C@H](COP(=O)([O-])OCCNc1ccc([N+](=O)[O-])c2nonc12)OC(=O)CCCCCCCCCCCCCCCCC.[NH4+]. The topological polar surface area (TPSA) is 242 Å². The van der Waals surface area contributed by atoms with Gasteiger partial charge in [-0.25, -0.2) is 4.63 Å². The van der Waals surface area contributed by atoms with Crippen molar-refractivity contribution in [2.24, 2.45) is 0 Å². The summed E-state index contributed by atoms with van der Waals surface area (Å²) in [5.41, 5.74) is 0.0916. The van der Waals surface area contributed by atoms with Crippen molar-refractivity contribution in [2.75, 3.05) is 31.7 Å². The first-order chi connectivity index (χ1) is 30.7. The van der Waals surface area contributed by atoms with Gasteiger partial charge in [-0.1, -0.05) is 194 Å². The van der Waals surface area contributed by atoms with Crippen molar-refractivity contribution in [3.63, 3.8) is 0 Å². The highest BCUT2D eigenvalue weighted by atomic mass is 31.2. The number of hydrogen-bond donors (Lipinski definition) is 2. The number of phosphoric ester groups is 1. The molecule has 0 saturated heterocycles. The Morgan fingerprint density at radius 2 is 1.06 bits per heavy atom. The van der Waals surface area contributed by atoms with Crippen molar-refractivity contribution in [1.29, 1.82) is 0 Å². The predicted octanol–water partition coefficient (Wildman–Crippen LogP) is 13.4. The second kappa shape index (κ2) is 39.0. The van der Waals surface area contributed by atoms with E-state index < -0.39 is 37.4 Å². The van der Waals surface area contributed by atoms with E-state index >= 15 is 0 Å². The van der Waals surface area contributed by atoms with E-state index in [9.17, 15) is 29.2 Å². The normalized spacial score (nSPS) is 12.7. The summed E-state index contributed by atoms with van der Waals surface area (Å²) in [5.74, 6) is -0.956. The van der Waals surface area contributed by atoms with E-state index in [-0.39, 0.29) is 55.5 Å².